The summed E-state index contributed by atoms with van der Waals surface area (Å²) < 4.78 is 5.23. The molecule has 0 saturated heterocycles. The second-order valence-corrected chi connectivity index (χ2v) is 3.22. The topological polar surface area (TPSA) is 69.6 Å². The number of fused-ring (bicyclic) bond motifs is 1. The first-order valence-corrected chi connectivity index (χ1v) is 4.30. The SMILES string of the molecule is O=C([O-])C[C@H]1OCc2c(O)cccc21. The van der Waals surface area contributed by atoms with Gasteiger partial charge in [0.1, 0.15) is 5.75 Å². The smallest absolute Gasteiger partial charge is 0.121 e. The Morgan fingerprint density at radius 2 is 2.43 bits per heavy atom. The molecule has 4 nitrogen and oxygen atoms in total. The number of benzene rings is 1. The van der Waals surface area contributed by atoms with Gasteiger partial charge in [-0.3, -0.25) is 0 Å². The Labute approximate surface area is 80.7 Å². The van der Waals surface area contributed by atoms with E-state index in [4.69, 9.17) is 4.74 Å². The Bertz CT molecular complexity index is 372. The first-order valence-electron chi connectivity index (χ1n) is 4.30. The maximum absolute atomic E-state index is 10.4. The van der Waals surface area contributed by atoms with E-state index in [0.717, 1.165) is 5.56 Å². The minimum Gasteiger partial charge on any atom is -0.550 e. The molecule has 2 rings (SSSR count). The summed E-state index contributed by atoms with van der Waals surface area (Å²) in [5.74, 6) is -0.991. The molecule has 4 heteroatoms. The number of phenolic OH excluding ortho intramolecular Hbond substituents is 1. The third kappa shape index (κ3) is 1.44. The maximum atomic E-state index is 10.4. The van der Waals surface area contributed by atoms with Crippen LogP contribution in [-0.4, -0.2) is 11.1 Å². The number of aliphatic carboxylic acids is 1. The molecular formula is C10H9O4-. The summed E-state index contributed by atoms with van der Waals surface area (Å²) in [6.45, 7) is 0.264. The number of rotatable bonds is 2. The van der Waals surface area contributed by atoms with Gasteiger partial charge < -0.3 is 19.7 Å². The van der Waals surface area contributed by atoms with E-state index in [1.165, 1.54) is 0 Å². The number of hydrogen-bond acceptors (Lipinski definition) is 4. The molecule has 0 spiro atoms. The van der Waals surface area contributed by atoms with Gasteiger partial charge >= 0.3 is 0 Å². The summed E-state index contributed by atoms with van der Waals surface area (Å²) in [7, 11) is 0. The molecule has 1 atom stereocenters. The van der Waals surface area contributed by atoms with E-state index in [1.54, 1.807) is 18.2 Å². The van der Waals surface area contributed by atoms with Crippen LogP contribution in [0, 0.1) is 0 Å². The van der Waals surface area contributed by atoms with Crippen molar-refractivity contribution < 1.29 is 19.7 Å². The number of aromatic hydroxyl groups is 1. The predicted octanol–water partition coefficient (Wildman–Crippen LogP) is 0.103. The molecule has 1 N–H and O–H groups in total. The molecule has 1 aromatic carbocycles. The zero-order chi connectivity index (χ0) is 10.1. The monoisotopic (exact) mass is 193 g/mol. The third-order valence-corrected chi connectivity index (χ3v) is 2.32. The molecule has 1 heterocycles. The second-order valence-electron chi connectivity index (χ2n) is 3.22. The summed E-state index contributed by atoms with van der Waals surface area (Å²) in [6.07, 6.45) is -0.654. The lowest BCUT2D eigenvalue weighted by molar-refractivity contribution is -0.307. The van der Waals surface area contributed by atoms with Gasteiger partial charge in [0.15, 0.2) is 0 Å². The molecule has 74 valence electrons. The van der Waals surface area contributed by atoms with E-state index >= 15 is 0 Å². The van der Waals surface area contributed by atoms with Crippen LogP contribution in [0.5, 0.6) is 5.75 Å². The number of ether oxygens (including phenoxy) is 1. The average molecular weight is 193 g/mol. The highest BCUT2D eigenvalue weighted by Crippen LogP contribution is 2.37. The minimum absolute atomic E-state index is 0.156. The van der Waals surface area contributed by atoms with Crippen LogP contribution in [0.4, 0.5) is 0 Å². The van der Waals surface area contributed by atoms with Crippen molar-refractivity contribution in [1.82, 2.24) is 0 Å². The molecule has 1 aliphatic rings. The van der Waals surface area contributed by atoms with Crippen molar-refractivity contribution in [1.29, 1.82) is 0 Å². The number of carboxylic acids is 1. The highest BCUT2D eigenvalue weighted by Gasteiger charge is 2.25. The molecule has 0 fully saturated rings. The largest absolute Gasteiger partial charge is 0.550 e. The molecule has 14 heavy (non-hydrogen) atoms. The Balaban J connectivity index is 2.30. The van der Waals surface area contributed by atoms with Crippen molar-refractivity contribution in [2.45, 2.75) is 19.1 Å². The number of carbonyl (C=O) groups is 1. The van der Waals surface area contributed by atoms with E-state index in [1.807, 2.05) is 0 Å². The second kappa shape index (κ2) is 3.31. The molecule has 0 aromatic heterocycles. The van der Waals surface area contributed by atoms with Crippen molar-refractivity contribution in [3.8, 4) is 5.75 Å². The third-order valence-electron chi connectivity index (χ3n) is 2.32. The molecule has 0 saturated carbocycles. The van der Waals surface area contributed by atoms with Gasteiger partial charge in [-0.1, -0.05) is 12.1 Å². The standard InChI is InChI=1S/C10H10O4/c11-8-3-1-2-6-7(8)5-14-9(6)4-10(12)13/h1-3,9,11H,4-5H2,(H,12,13)/p-1/t9-/m1/s1. The molecule has 1 aromatic rings. The van der Waals surface area contributed by atoms with Crippen LogP contribution < -0.4 is 5.11 Å². The fourth-order valence-electron chi connectivity index (χ4n) is 1.64. The molecule has 0 unspecified atom stereocenters. The van der Waals surface area contributed by atoms with E-state index in [0.29, 0.717) is 5.56 Å². The van der Waals surface area contributed by atoms with Crippen LogP contribution in [0.15, 0.2) is 18.2 Å². The summed E-state index contributed by atoms with van der Waals surface area (Å²) in [4.78, 5) is 10.4. The zero-order valence-electron chi connectivity index (χ0n) is 7.40. The number of carbonyl (C=O) groups excluding carboxylic acids is 1. The highest BCUT2D eigenvalue weighted by atomic mass is 16.5. The van der Waals surface area contributed by atoms with Gasteiger partial charge in [0, 0.05) is 18.0 Å². The van der Waals surface area contributed by atoms with Gasteiger partial charge in [0.05, 0.1) is 12.7 Å². The fourth-order valence-corrected chi connectivity index (χ4v) is 1.64. The van der Waals surface area contributed by atoms with Crippen LogP contribution in [0.3, 0.4) is 0 Å². The lowest BCUT2D eigenvalue weighted by Crippen LogP contribution is -2.24. The summed E-state index contributed by atoms with van der Waals surface area (Å²) in [5, 5.41) is 19.8. The Hall–Kier alpha value is -1.55. The molecule has 1 aliphatic heterocycles. The van der Waals surface area contributed by atoms with Crippen LogP contribution in [0.1, 0.15) is 23.7 Å². The van der Waals surface area contributed by atoms with Gasteiger partial charge in [-0.05, 0) is 11.6 Å². The first-order chi connectivity index (χ1) is 6.68. The average Bonchev–Trinajstić information content (AvgIpc) is 2.49. The van der Waals surface area contributed by atoms with E-state index in [9.17, 15) is 15.0 Å². The molecule has 0 radical (unpaired) electrons. The van der Waals surface area contributed by atoms with Crippen molar-refractivity contribution in [2.24, 2.45) is 0 Å². The van der Waals surface area contributed by atoms with Gasteiger partial charge in [-0.15, -0.1) is 0 Å². The van der Waals surface area contributed by atoms with E-state index in [-0.39, 0.29) is 18.8 Å². The van der Waals surface area contributed by atoms with Crippen molar-refractivity contribution >= 4 is 5.97 Å². The normalized spacial score (nSPS) is 19.3. The summed E-state index contributed by atoms with van der Waals surface area (Å²) in [6, 6.07) is 4.99. The van der Waals surface area contributed by atoms with Gasteiger partial charge in [0.2, 0.25) is 0 Å². The zero-order valence-corrected chi connectivity index (χ0v) is 7.40. The lowest BCUT2D eigenvalue weighted by atomic mass is 10.0. The van der Waals surface area contributed by atoms with Crippen LogP contribution in [0.25, 0.3) is 0 Å². The van der Waals surface area contributed by atoms with Crippen molar-refractivity contribution in [3.63, 3.8) is 0 Å². The van der Waals surface area contributed by atoms with Crippen LogP contribution >= 0.6 is 0 Å². The fraction of sp³-hybridized carbons (Fsp3) is 0.300. The van der Waals surface area contributed by atoms with Crippen LogP contribution in [0.2, 0.25) is 0 Å². The van der Waals surface area contributed by atoms with E-state index < -0.39 is 12.1 Å². The minimum atomic E-state index is -1.15. The Kier molecular flexibility index (Phi) is 2.13. The summed E-state index contributed by atoms with van der Waals surface area (Å²) >= 11 is 0. The molecular weight excluding hydrogens is 184 g/mol. The molecule has 0 bridgehead atoms. The summed E-state index contributed by atoms with van der Waals surface area (Å²) in [5.41, 5.74) is 1.42. The van der Waals surface area contributed by atoms with Gasteiger partial charge in [-0.2, -0.15) is 0 Å². The quantitative estimate of drug-likeness (QED) is 0.723. The van der Waals surface area contributed by atoms with Gasteiger partial charge in [-0.25, -0.2) is 0 Å². The first kappa shape index (κ1) is 9.02. The van der Waals surface area contributed by atoms with Crippen molar-refractivity contribution in [3.05, 3.63) is 29.3 Å². The van der Waals surface area contributed by atoms with E-state index in [2.05, 4.69) is 0 Å². The Morgan fingerprint density at radius 3 is 3.14 bits per heavy atom. The molecule has 0 aliphatic carbocycles. The lowest BCUT2D eigenvalue weighted by Gasteiger charge is -2.11. The number of phenols is 1. The number of hydrogen-bond donors (Lipinski definition) is 1. The molecule has 0 amide bonds. The van der Waals surface area contributed by atoms with Crippen molar-refractivity contribution in [2.75, 3.05) is 0 Å². The maximum Gasteiger partial charge on any atom is 0.121 e. The predicted molar refractivity (Wildman–Crippen MR) is 45.3 cm³/mol. The Morgan fingerprint density at radius 1 is 1.64 bits per heavy atom. The highest BCUT2D eigenvalue weighted by molar-refractivity contribution is 5.65. The van der Waals surface area contributed by atoms with Gasteiger partial charge in [0.25, 0.3) is 0 Å². The van der Waals surface area contributed by atoms with Crippen LogP contribution in [-0.2, 0) is 16.1 Å². The number of carboxylic acid groups (broad SMARTS) is 1.